The number of hydrogen-bond acceptors (Lipinski definition) is 4. The number of hydrogen-bond donors (Lipinski definition) is 0. The van der Waals surface area contributed by atoms with Crippen molar-refractivity contribution in [2.45, 2.75) is 0 Å². The van der Waals surface area contributed by atoms with Crippen LogP contribution in [0.2, 0.25) is 0 Å². The lowest BCUT2D eigenvalue weighted by molar-refractivity contribution is 0.628. The van der Waals surface area contributed by atoms with Gasteiger partial charge in [0.2, 0.25) is 0 Å². The summed E-state index contributed by atoms with van der Waals surface area (Å²) >= 11 is 1.82. The number of para-hydroxylation sites is 1. The maximum atomic E-state index is 15.0. The summed E-state index contributed by atoms with van der Waals surface area (Å²) in [5, 5.41) is 4.81. The zero-order valence-corrected chi connectivity index (χ0v) is 28.0. The standard InChI is InChI=1S/C45H27FN4S/c46-32-17-11-16-30(24-32)35-25-31(45-48-43(28-12-3-1-4-13-28)47-44(49-45)29-14-5-2-6-15-29)22-23-39(35)50-38-20-9-7-18-33(38)36-27-42-37(26-40(36)50)34-19-8-10-21-41(34)51-42/h1-27H. The Bertz CT molecular complexity index is 2870. The molecular weight excluding hydrogens is 648 g/mol. The van der Waals surface area contributed by atoms with Gasteiger partial charge in [-0.25, -0.2) is 19.3 Å². The van der Waals surface area contributed by atoms with Crippen molar-refractivity contribution in [2.75, 3.05) is 0 Å². The van der Waals surface area contributed by atoms with E-state index < -0.39 is 0 Å². The first-order valence-corrected chi connectivity index (χ1v) is 17.6. The van der Waals surface area contributed by atoms with Gasteiger partial charge in [-0.2, -0.15) is 0 Å². The summed E-state index contributed by atoms with van der Waals surface area (Å²) in [6.45, 7) is 0. The number of halogens is 1. The highest BCUT2D eigenvalue weighted by Gasteiger charge is 2.20. The Labute approximate surface area is 296 Å². The average Bonchev–Trinajstić information content (AvgIpc) is 3.72. The van der Waals surface area contributed by atoms with Crippen molar-refractivity contribution in [3.8, 4) is 51.0 Å². The monoisotopic (exact) mass is 674 g/mol. The number of aromatic nitrogens is 4. The van der Waals surface area contributed by atoms with Crippen LogP contribution in [0.5, 0.6) is 0 Å². The van der Waals surface area contributed by atoms with Crippen molar-refractivity contribution in [2.24, 2.45) is 0 Å². The molecule has 0 bridgehead atoms. The minimum atomic E-state index is -0.296. The van der Waals surface area contributed by atoms with Crippen LogP contribution >= 0.6 is 11.3 Å². The minimum Gasteiger partial charge on any atom is -0.309 e. The quantitative estimate of drug-likeness (QED) is 0.182. The second-order valence-corrected chi connectivity index (χ2v) is 13.7. The highest BCUT2D eigenvalue weighted by molar-refractivity contribution is 7.25. The molecule has 6 heteroatoms. The molecule has 0 unspecified atom stereocenters. The van der Waals surface area contributed by atoms with Gasteiger partial charge in [-0.3, -0.25) is 0 Å². The Balaban J connectivity index is 1.25. The molecule has 240 valence electrons. The Kier molecular flexibility index (Phi) is 6.82. The van der Waals surface area contributed by atoms with E-state index >= 15 is 0 Å². The smallest absolute Gasteiger partial charge is 0.164 e. The first kappa shape index (κ1) is 29.4. The van der Waals surface area contributed by atoms with E-state index in [1.54, 1.807) is 12.1 Å². The van der Waals surface area contributed by atoms with Gasteiger partial charge >= 0.3 is 0 Å². The van der Waals surface area contributed by atoms with E-state index in [-0.39, 0.29) is 5.82 Å². The third-order valence-corrected chi connectivity index (χ3v) is 10.6. The predicted molar refractivity (Wildman–Crippen MR) is 209 cm³/mol. The predicted octanol–water partition coefficient (Wildman–Crippen LogP) is 12.1. The van der Waals surface area contributed by atoms with Crippen molar-refractivity contribution in [1.29, 1.82) is 0 Å². The molecule has 0 saturated heterocycles. The lowest BCUT2D eigenvalue weighted by Crippen LogP contribution is -2.02. The maximum Gasteiger partial charge on any atom is 0.164 e. The van der Waals surface area contributed by atoms with Gasteiger partial charge in [0.1, 0.15) is 5.82 Å². The fourth-order valence-electron chi connectivity index (χ4n) is 7.14. The molecule has 0 aliphatic carbocycles. The number of rotatable bonds is 5. The highest BCUT2D eigenvalue weighted by atomic mass is 32.1. The van der Waals surface area contributed by atoms with Gasteiger partial charge in [0.25, 0.3) is 0 Å². The normalized spacial score (nSPS) is 11.6. The topological polar surface area (TPSA) is 43.6 Å². The third-order valence-electron chi connectivity index (χ3n) is 9.50. The molecule has 10 rings (SSSR count). The summed E-state index contributed by atoms with van der Waals surface area (Å²) in [5.41, 5.74) is 7.36. The zero-order chi connectivity index (χ0) is 33.9. The van der Waals surface area contributed by atoms with Crippen molar-refractivity contribution < 1.29 is 4.39 Å². The van der Waals surface area contributed by atoms with Crippen molar-refractivity contribution >= 4 is 53.3 Å². The summed E-state index contributed by atoms with van der Waals surface area (Å²) in [4.78, 5) is 14.9. The SMILES string of the molecule is Fc1cccc(-c2cc(-c3nc(-c4ccccc4)nc(-c4ccccc4)n3)ccc2-n2c3ccccc3c3cc4sc5ccccc5c4cc32)c1. The van der Waals surface area contributed by atoms with Crippen LogP contribution in [0.3, 0.4) is 0 Å². The van der Waals surface area contributed by atoms with E-state index in [1.165, 1.54) is 37.0 Å². The van der Waals surface area contributed by atoms with E-state index in [0.29, 0.717) is 17.5 Å². The maximum absolute atomic E-state index is 15.0. The van der Waals surface area contributed by atoms with Gasteiger partial charge in [-0.1, -0.05) is 109 Å². The molecular formula is C45H27FN4S. The average molecular weight is 675 g/mol. The molecule has 0 aliphatic rings. The van der Waals surface area contributed by atoms with Gasteiger partial charge in [0, 0.05) is 53.2 Å². The summed E-state index contributed by atoms with van der Waals surface area (Å²) in [7, 11) is 0. The molecule has 10 aromatic rings. The molecule has 0 saturated carbocycles. The summed E-state index contributed by atoms with van der Waals surface area (Å²) in [5.74, 6) is 1.42. The van der Waals surface area contributed by atoms with Crippen molar-refractivity contribution in [3.05, 3.63) is 170 Å². The zero-order valence-electron chi connectivity index (χ0n) is 27.2. The third kappa shape index (κ3) is 4.99. The Morgan fingerprint density at radius 1 is 0.412 bits per heavy atom. The molecule has 0 atom stereocenters. The molecule has 4 nitrogen and oxygen atoms in total. The molecule has 3 heterocycles. The van der Waals surface area contributed by atoms with Crippen LogP contribution in [0, 0.1) is 5.82 Å². The summed E-state index contributed by atoms with van der Waals surface area (Å²) in [6.07, 6.45) is 0. The lowest BCUT2D eigenvalue weighted by atomic mass is 9.99. The lowest BCUT2D eigenvalue weighted by Gasteiger charge is -2.16. The number of thiophene rings is 1. The number of fused-ring (bicyclic) bond motifs is 6. The van der Waals surface area contributed by atoms with Crippen molar-refractivity contribution in [1.82, 2.24) is 19.5 Å². The molecule has 51 heavy (non-hydrogen) atoms. The van der Waals surface area contributed by atoms with Crippen LogP contribution in [-0.4, -0.2) is 19.5 Å². The largest absolute Gasteiger partial charge is 0.309 e. The van der Waals surface area contributed by atoms with Gasteiger partial charge < -0.3 is 4.57 Å². The fraction of sp³-hybridized carbons (Fsp3) is 0. The van der Waals surface area contributed by atoms with Crippen LogP contribution in [0.1, 0.15) is 0 Å². The summed E-state index contributed by atoms with van der Waals surface area (Å²) in [6, 6.07) is 54.7. The minimum absolute atomic E-state index is 0.296. The van der Waals surface area contributed by atoms with E-state index in [4.69, 9.17) is 15.0 Å². The number of benzene rings is 7. The van der Waals surface area contributed by atoms with Crippen LogP contribution in [0.25, 0.3) is 93.0 Å². The summed E-state index contributed by atoms with van der Waals surface area (Å²) < 4.78 is 19.8. The Hall–Kier alpha value is -6.50. The number of nitrogens with zero attached hydrogens (tertiary/aromatic N) is 4. The molecule has 0 spiro atoms. The molecule has 3 aromatic heterocycles. The first-order valence-electron chi connectivity index (χ1n) is 16.8. The molecule has 7 aromatic carbocycles. The van der Waals surface area contributed by atoms with E-state index in [0.717, 1.165) is 44.5 Å². The van der Waals surface area contributed by atoms with Crippen molar-refractivity contribution in [3.63, 3.8) is 0 Å². The van der Waals surface area contributed by atoms with Crippen LogP contribution < -0.4 is 0 Å². The Morgan fingerprint density at radius 3 is 1.76 bits per heavy atom. The molecule has 0 N–H and O–H groups in total. The first-order chi connectivity index (χ1) is 25.2. The van der Waals surface area contributed by atoms with Gasteiger partial charge in [0.05, 0.1) is 16.7 Å². The molecule has 0 radical (unpaired) electrons. The Morgan fingerprint density at radius 2 is 1.04 bits per heavy atom. The van der Waals surface area contributed by atoms with E-state index in [9.17, 15) is 4.39 Å². The van der Waals surface area contributed by atoms with Gasteiger partial charge in [-0.15, -0.1) is 11.3 Å². The van der Waals surface area contributed by atoms with Crippen LogP contribution in [0.15, 0.2) is 164 Å². The fourth-order valence-corrected chi connectivity index (χ4v) is 8.27. The highest BCUT2D eigenvalue weighted by Crippen LogP contribution is 2.42. The second kappa shape index (κ2) is 11.8. The second-order valence-electron chi connectivity index (χ2n) is 12.6. The molecule has 0 fully saturated rings. The van der Waals surface area contributed by atoms with Crippen LogP contribution in [0.4, 0.5) is 4.39 Å². The van der Waals surface area contributed by atoms with Gasteiger partial charge in [-0.05, 0) is 60.2 Å². The van der Waals surface area contributed by atoms with E-state index in [1.807, 2.05) is 78.1 Å². The van der Waals surface area contributed by atoms with E-state index in [2.05, 4.69) is 83.4 Å². The van der Waals surface area contributed by atoms with Crippen LogP contribution in [-0.2, 0) is 0 Å². The van der Waals surface area contributed by atoms with Gasteiger partial charge in [0.15, 0.2) is 17.5 Å². The molecule has 0 amide bonds. The molecule has 0 aliphatic heterocycles.